The van der Waals surface area contributed by atoms with Crippen molar-refractivity contribution in [2.75, 3.05) is 20.7 Å². The van der Waals surface area contributed by atoms with Gasteiger partial charge in [-0.2, -0.15) is 4.98 Å². The summed E-state index contributed by atoms with van der Waals surface area (Å²) in [7, 11) is 3.52. The average Bonchev–Trinajstić information content (AvgIpc) is 3.52. The number of hydrogen-bond donors (Lipinski definition) is 1. The fraction of sp³-hybridized carbons (Fsp3) is 0.429. The van der Waals surface area contributed by atoms with Gasteiger partial charge in [0.15, 0.2) is 11.7 Å². The van der Waals surface area contributed by atoms with Crippen LogP contribution in [0.3, 0.4) is 0 Å². The van der Waals surface area contributed by atoms with Crippen molar-refractivity contribution in [1.82, 2.24) is 25.3 Å². The molecule has 2 heterocycles. The molecule has 10 nitrogen and oxygen atoms in total. The number of benzene rings is 3. The minimum atomic E-state index is -0.677. The molecule has 0 spiro atoms. The highest BCUT2D eigenvalue weighted by molar-refractivity contribution is 5.93. The molecule has 0 saturated heterocycles. The van der Waals surface area contributed by atoms with E-state index < -0.39 is 6.04 Å². The summed E-state index contributed by atoms with van der Waals surface area (Å²) >= 11 is 0. The third-order valence-corrected chi connectivity index (χ3v) is 9.25. The van der Waals surface area contributed by atoms with Crippen LogP contribution < -0.4 is 5.32 Å². The number of nitrogens with one attached hydrogen (secondary N) is 1. The first-order chi connectivity index (χ1) is 24.8. The molecule has 10 heteroatoms. The molecule has 2 amide bonds. The van der Waals surface area contributed by atoms with E-state index in [2.05, 4.69) is 52.7 Å². The lowest BCUT2D eigenvalue weighted by atomic mass is 9.92. The molecule has 5 rings (SSSR count). The summed E-state index contributed by atoms with van der Waals surface area (Å²) in [6.45, 7) is 10.2. The average molecular weight is 708 g/mol. The van der Waals surface area contributed by atoms with Crippen molar-refractivity contribution >= 4 is 22.6 Å². The summed E-state index contributed by atoms with van der Waals surface area (Å²) in [5.74, 6) is 1.30. The van der Waals surface area contributed by atoms with Crippen LogP contribution >= 0.6 is 0 Å². The van der Waals surface area contributed by atoms with Crippen molar-refractivity contribution in [3.05, 3.63) is 120 Å². The number of carbonyl (C=O) groups excluding carboxylic acids is 2. The Balaban J connectivity index is 1.30. The van der Waals surface area contributed by atoms with E-state index in [0.717, 1.165) is 24.3 Å². The Morgan fingerprint density at radius 3 is 2.38 bits per heavy atom. The summed E-state index contributed by atoms with van der Waals surface area (Å²) in [6.07, 6.45) is 8.66. The maximum Gasteiger partial charge on any atom is 0.252 e. The summed E-state index contributed by atoms with van der Waals surface area (Å²) in [4.78, 5) is 35.7. The Morgan fingerprint density at radius 1 is 0.981 bits per heavy atom. The standard InChI is InChI=1S/C42H53N5O5/c1-30-43-38(52-45-30)29-50-28-35(26-31-15-9-8-10-16-31)46(6)40(49)36(20-13-17-32-22-23-33-18-11-12-19-34(33)25-32)47(7)39(48)21-14-24-42(5)27-37(44-42)51-41(2,3)4/h8-12,14-16,18-19,21-23,25,27,35-36,44H,13,17,20,24,26,28-29H2,1-7H3/b21-14+/t35-,36-,42?/m1/s1. The van der Waals surface area contributed by atoms with E-state index in [-0.39, 0.29) is 42.2 Å². The SMILES string of the molecule is Cc1noc(COC[C@@H](Cc2ccccc2)N(C)C(=O)[C@@H](CCCc2ccc3ccccc3c2)N(C)C(=O)/C=C/CC2(C)C=C(OC(C)(C)C)N2)n1. The largest absolute Gasteiger partial charge is 0.474 e. The van der Waals surface area contributed by atoms with Crippen LogP contribution in [0.1, 0.15) is 69.8 Å². The highest BCUT2D eigenvalue weighted by atomic mass is 16.5. The number of fused-ring (bicyclic) bond motifs is 1. The monoisotopic (exact) mass is 707 g/mol. The fourth-order valence-corrected chi connectivity index (χ4v) is 6.40. The summed E-state index contributed by atoms with van der Waals surface area (Å²) in [5, 5.41) is 9.59. The Labute approximate surface area is 307 Å². The van der Waals surface area contributed by atoms with E-state index in [1.807, 2.05) is 75.4 Å². The molecule has 1 aliphatic heterocycles. The summed E-state index contributed by atoms with van der Waals surface area (Å²) in [5.41, 5.74) is 1.67. The van der Waals surface area contributed by atoms with Gasteiger partial charge in [-0.15, -0.1) is 0 Å². The molecule has 1 aliphatic rings. The predicted molar refractivity (Wildman–Crippen MR) is 203 cm³/mol. The van der Waals surface area contributed by atoms with Gasteiger partial charge in [0.05, 0.1) is 18.2 Å². The van der Waals surface area contributed by atoms with Crippen molar-refractivity contribution in [3.8, 4) is 0 Å². The normalized spacial score (nSPS) is 16.9. The lowest BCUT2D eigenvalue weighted by Crippen LogP contribution is -2.52. The molecule has 0 aliphatic carbocycles. The molecule has 0 radical (unpaired) electrons. The Bertz CT molecular complexity index is 1860. The van der Waals surface area contributed by atoms with Gasteiger partial charge in [0.2, 0.25) is 11.8 Å². The van der Waals surface area contributed by atoms with Crippen molar-refractivity contribution < 1.29 is 23.6 Å². The van der Waals surface area contributed by atoms with Crippen LogP contribution in [-0.4, -0.2) is 75.7 Å². The second kappa shape index (κ2) is 17.0. The van der Waals surface area contributed by atoms with E-state index in [9.17, 15) is 9.59 Å². The number of nitrogens with zero attached hydrogens (tertiary/aromatic N) is 4. The molecular weight excluding hydrogens is 654 g/mol. The van der Waals surface area contributed by atoms with E-state index in [0.29, 0.717) is 31.0 Å². The fourth-order valence-electron chi connectivity index (χ4n) is 6.40. The van der Waals surface area contributed by atoms with Crippen molar-refractivity contribution in [2.24, 2.45) is 0 Å². The van der Waals surface area contributed by atoms with Gasteiger partial charge < -0.3 is 29.1 Å². The minimum Gasteiger partial charge on any atom is -0.474 e. The highest BCUT2D eigenvalue weighted by Crippen LogP contribution is 2.28. The van der Waals surface area contributed by atoms with Crippen LogP contribution in [0, 0.1) is 6.92 Å². The Morgan fingerprint density at radius 2 is 1.69 bits per heavy atom. The van der Waals surface area contributed by atoms with Crippen LogP contribution in [0.5, 0.6) is 0 Å². The van der Waals surface area contributed by atoms with Crippen molar-refractivity contribution in [1.29, 1.82) is 0 Å². The molecule has 1 N–H and O–H groups in total. The molecule has 0 fully saturated rings. The Kier molecular flexibility index (Phi) is 12.5. The van der Waals surface area contributed by atoms with E-state index in [1.54, 1.807) is 36.9 Å². The number of rotatable bonds is 17. The van der Waals surface area contributed by atoms with Gasteiger partial charge in [0, 0.05) is 20.2 Å². The second-order valence-electron chi connectivity index (χ2n) is 15.0. The molecular formula is C42H53N5O5. The third-order valence-electron chi connectivity index (χ3n) is 9.25. The van der Waals surface area contributed by atoms with Crippen LogP contribution in [0.25, 0.3) is 10.8 Å². The van der Waals surface area contributed by atoms with Crippen LogP contribution in [0.15, 0.2) is 101 Å². The maximum absolute atomic E-state index is 14.5. The van der Waals surface area contributed by atoms with E-state index in [1.165, 1.54) is 16.3 Å². The van der Waals surface area contributed by atoms with E-state index in [4.69, 9.17) is 14.0 Å². The number of amides is 2. The summed E-state index contributed by atoms with van der Waals surface area (Å²) in [6, 6.07) is 23.8. The van der Waals surface area contributed by atoms with Gasteiger partial charge in [-0.25, -0.2) is 0 Å². The maximum atomic E-state index is 14.5. The molecule has 1 aromatic heterocycles. The quantitative estimate of drug-likeness (QED) is 0.118. The van der Waals surface area contributed by atoms with Crippen LogP contribution in [0.4, 0.5) is 0 Å². The third kappa shape index (κ3) is 10.8. The molecule has 3 atom stereocenters. The molecule has 1 unspecified atom stereocenters. The molecule has 3 aromatic carbocycles. The number of aromatic nitrogens is 2. The second-order valence-corrected chi connectivity index (χ2v) is 15.0. The number of ether oxygens (including phenoxy) is 2. The van der Waals surface area contributed by atoms with Gasteiger partial charge in [-0.05, 0) is 94.7 Å². The van der Waals surface area contributed by atoms with Gasteiger partial charge in [0.1, 0.15) is 18.2 Å². The van der Waals surface area contributed by atoms with Gasteiger partial charge >= 0.3 is 0 Å². The lowest BCUT2D eigenvalue weighted by molar-refractivity contribution is -0.144. The molecule has 4 aromatic rings. The predicted octanol–water partition coefficient (Wildman–Crippen LogP) is 6.93. The summed E-state index contributed by atoms with van der Waals surface area (Å²) < 4.78 is 17.2. The molecule has 0 saturated carbocycles. The van der Waals surface area contributed by atoms with Gasteiger partial charge in [-0.3, -0.25) is 9.59 Å². The van der Waals surface area contributed by atoms with E-state index >= 15 is 0 Å². The topological polar surface area (TPSA) is 110 Å². The zero-order valence-corrected chi connectivity index (χ0v) is 31.6. The first kappa shape index (κ1) is 38.3. The first-order valence-electron chi connectivity index (χ1n) is 18.1. The first-order valence-corrected chi connectivity index (χ1v) is 18.1. The zero-order chi connectivity index (χ0) is 37.3. The smallest absolute Gasteiger partial charge is 0.252 e. The number of likely N-dealkylation sites (N-methyl/N-ethyl adjacent to an activating group) is 2. The van der Waals surface area contributed by atoms with Gasteiger partial charge in [0.25, 0.3) is 5.89 Å². The van der Waals surface area contributed by atoms with Crippen LogP contribution in [0.2, 0.25) is 0 Å². The zero-order valence-electron chi connectivity index (χ0n) is 31.6. The molecule has 276 valence electrons. The number of carbonyl (C=O) groups is 2. The van der Waals surface area contributed by atoms with Crippen molar-refractivity contribution in [3.63, 3.8) is 0 Å². The van der Waals surface area contributed by atoms with Gasteiger partial charge in [-0.1, -0.05) is 84.0 Å². The molecule has 0 bridgehead atoms. The minimum absolute atomic E-state index is 0.138. The lowest BCUT2D eigenvalue weighted by Gasteiger charge is -2.40. The molecule has 52 heavy (non-hydrogen) atoms. The van der Waals surface area contributed by atoms with Crippen molar-refractivity contribution in [2.45, 2.75) is 96.6 Å². The Hall–Kier alpha value is -4.96. The number of aryl methyl sites for hydroxylation is 2. The van der Waals surface area contributed by atoms with Crippen LogP contribution in [-0.2, 0) is 38.5 Å². The number of hydrogen-bond acceptors (Lipinski definition) is 8. The highest BCUT2D eigenvalue weighted by Gasteiger charge is 2.34.